The molecule has 0 aromatic rings. The first-order valence-corrected chi connectivity index (χ1v) is 5.64. The topological polar surface area (TPSA) is 60.8 Å². The van der Waals surface area contributed by atoms with Gasteiger partial charge in [-0.25, -0.2) is 0 Å². The van der Waals surface area contributed by atoms with Crippen LogP contribution in [0.5, 0.6) is 0 Å². The summed E-state index contributed by atoms with van der Waals surface area (Å²) in [4.78, 5) is 12.4. The maximum Gasteiger partial charge on any atom is 0.317 e. The Labute approximate surface area is 91.9 Å². The second-order valence-electron chi connectivity index (χ2n) is 4.04. The first-order chi connectivity index (χ1) is 6.97. The zero-order valence-corrected chi connectivity index (χ0v) is 9.99. The molecule has 90 valence electrons. The van der Waals surface area contributed by atoms with Crippen molar-refractivity contribution in [3.8, 4) is 0 Å². The van der Waals surface area contributed by atoms with Crippen molar-refractivity contribution in [1.82, 2.24) is 4.90 Å². The van der Waals surface area contributed by atoms with Crippen molar-refractivity contribution in [1.29, 1.82) is 0 Å². The molecule has 0 unspecified atom stereocenters. The highest BCUT2D eigenvalue weighted by atomic mass is 16.4. The summed E-state index contributed by atoms with van der Waals surface area (Å²) < 4.78 is 0. The molecule has 0 aliphatic carbocycles. The minimum atomic E-state index is -0.835. The maximum atomic E-state index is 10.6. The molecule has 0 bridgehead atoms. The minimum Gasteiger partial charge on any atom is -0.480 e. The zero-order valence-electron chi connectivity index (χ0n) is 9.99. The van der Waals surface area contributed by atoms with E-state index in [-0.39, 0.29) is 6.54 Å². The Morgan fingerprint density at radius 2 is 1.80 bits per heavy atom. The molecule has 0 saturated heterocycles. The van der Waals surface area contributed by atoms with E-state index in [1.165, 1.54) is 0 Å². The first-order valence-electron chi connectivity index (χ1n) is 5.64. The van der Waals surface area contributed by atoms with Crippen LogP contribution in [0.4, 0.5) is 0 Å². The smallest absolute Gasteiger partial charge is 0.317 e. The quantitative estimate of drug-likeness (QED) is 0.644. The summed E-state index contributed by atoms with van der Waals surface area (Å²) in [6.45, 7) is 7.03. The van der Waals surface area contributed by atoms with E-state index in [1.807, 2.05) is 20.8 Å². The fraction of sp³-hybridized carbons (Fsp3) is 0.909. The van der Waals surface area contributed by atoms with E-state index in [0.717, 1.165) is 6.42 Å². The molecule has 0 spiro atoms. The second-order valence-corrected chi connectivity index (χ2v) is 4.04. The third kappa shape index (κ3) is 5.74. The van der Waals surface area contributed by atoms with Gasteiger partial charge >= 0.3 is 5.97 Å². The Kier molecular flexibility index (Phi) is 6.52. The number of aliphatic carboxylic acids is 1. The van der Waals surface area contributed by atoms with Crippen molar-refractivity contribution >= 4 is 5.97 Å². The van der Waals surface area contributed by atoms with Gasteiger partial charge in [0.15, 0.2) is 0 Å². The van der Waals surface area contributed by atoms with Crippen LogP contribution in [-0.4, -0.2) is 46.3 Å². The fourth-order valence-electron chi connectivity index (χ4n) is 1.61. The Bertz CT molecular complexity index is 190. The molecule has 0 aliphatic rings. The van der Waals surface area contributed by atoms with Crippen molar-refractivity contribution in [2.24, 2.45) is 0 Å². The normalized spacial score (nSPS) is 12.1. The molecule has 0 aromatic carbocycles. The monoisotopic (exact) mass is 217 g/mol. The second kappa shape index (κ2) is 6.80. The Morgan fingerprint density at radius 1 is 1.27 bits per heavy atom. The lowest BCUT2D eigenvalue weighted by Crippen LogP contribution is -2.44. The average Bonchev–Trinajstić information content (AvgIpc) is 2.17. The van der Waals surface area contributed by atoms with Crippen LogP contribution in [0.2, 0.25) is 0 Å². The first kappa shape index (κ1) is 14.4. The molecular formula is C11H23NO3. The standard InChI is InChI=1S/C11H23NO3/c1-4-7-12(8-10(13)14)9-11(15,5-2)6-3/h15H,4-9H2,1-3H3,(H,13,14). The molecule has 0 rings (SSSR count). The molecule has 0 radical (unpaired) electrons. The van der Waals surface area contributed by atoms with Gasteiger partial charge in [0.05, 0.1) is 12.1 Å². The van der Waals surface area contributed by atoms with Gasteiger partial charge in [-0.2, -0.15) is 0 Å². The fourth-order valence-corrected chi connectivity index (χ4v) is 1.61. The van der Waals surface area contributed by atoms with Gasteiger partial charge < -0.3 is 10.2 Å². The molecule has 4 nitrogen and oxygen atoms in total. The number of hydrogen-bond donors (Lipinski definition) is 2. The lowest BCUT2D eigenvalue weighted by Gasteiger charge is -2.31. The van der Waals surface area contributed by atoms with Gasteiger partial charge in [0.25, 0.3) is 0 Å². The molecule has 0 saturated carbocycles. The number of carbonyl (C=O) groups is 1. The third-order valence-electron chi connectivity index (χ3n) is 2.73. The summed E-state index contributed by atoms with van der Waals surface area (Å²) >= 11 is 0. The van der Waals surface area contributed by atoms with Crippen LogP contribution in [0.25, 0.3) is 0 Å². The molecule has 15 heavy (non-hydrogen) atoms. The van der Waals surface area contributed by atoms with Crippen LogP contribution >= 0.6 is 0 Å². The average molecular weight is 217 g/mol. The van der Waals surface area contributed by atoms with Gasteiger partial charge in [-0.3, -0.25) is 9.69 Å². The van der Waals surface area contributed by atoms with E-state index in [0.29, 0.717) is 25.9 Å². The van der Waals surface area contributed by atoms with Crippen LogP contribution in [0, 0.1) is 0 Å². The van der Waals surface area contributed by atoms with Crippen molar-refractivity contribution < 1.29 is 15.0 Å². The van der Waals surface area contributed by atoms with Crippen molar-refractivity contribution in [3.05, 3.63) is 0 Å². The number of aliphatic hydroxyl groups is 1. The van der Waals surface area contributed by atoms with Crippen LogP contribution in [0.1, 0.15) is 40.0 Å². The van der Waals surface area contributed by atoms with E-state index in [1.54, 1.807) is 4.90 Å². The summed E-state index contributed by atoms with van der Waals surface area (Å²) in [6.07, 6.45) is 2.21. The summed E-state index contributed by atoms with van der Waals surface area (Å²) in [5, 5.41) is 18.8. The van der Waals surface area contributed by atoms with Gasteiger partial charge in [0.2, 0.25) is 0 Å². The zero-order chi connectivity index (χ0) is 11.9. The molecule has 0 fully saturated rings. The molecule has 0 aliphatic heterocycles. The van der Waals surface area contributed by atoms with Crippen molar-refractivity contribution in [3.63, 3.8) is 0 Å². The number of nitrogens with zero attached hydrogens (tertiary/aromatic N) is 1. The van der Waals surface area contributed by atoms with Gasteiger partial charge in [-0.1, -0.05) is 20.8 Å². The minimum absolute atomic E-state index is 0.0101. The largest absolute Gasteiger partial charge is 0.480 e. The van der Waals surface area contributed by atoms with Crippen LogP contribution < -0.4 is 0 Å². The lowest BCUT2D eigenvalue weighted by atomic mass is 9.97. The molecular weight excluding hydrogens is 194 g/mol. The summed E-state index contributed by atoms with van der Waals surface area (Å²) in [7, 11) is 0. The predicted octanol–water partition coefficient (Wildman–Crippen LogP) is 1.33. The van der Waals surface area contributed by atoms with Gasteiger partial charge in [0.1, 0.15) is 0 Å². The number of carboxylic acids is 1. The molecule has 2 N–H and O–H groups in total. The Morgan fingerprint density at radius 3 is 2.13 bits per heavy atom. The highest BCUT2D eigenvalue weighted by molar-refractivity contribution is 5.69. The molecule has 0 heterocycles. The van der Waals surface area contributed by atoms with Gasteiger partial charge in [0, 0.05) is 6.54 Å². The van der Waals surface area contributed by atoms with E-state index >= 15 is 0 Å². The van der Waals surface area contributed by atoms with Crippen molar-refractivity contribution in [2.45, 2.75) is 45.6 Å². The van der Waals surface area contributed by atoms with E-state index in [9.17, 15) is 9.90 Å². The van der Waals surface area contributed by atoms with Crippen LogP contribution in [-0.2, 0) is 4.79 Å². The summed E-state index contributed by atoms with van der Waals surface area (Å²) in [5.41, 5.74) is -0.745. The van der Waals surface area contributed by atoms with Crippen molar-refractivity contribution in [2.75, 3.05) is 19.6 Å². The third-order valence-corrected chi connectivity index (χ3v) is 2.73. The Balaban J connectivity index is 4.30. The maximum absolute atomic E-state index is 10.6. The van der Waals surface area contributed by atoms with Crippen LogP contribution in [0.3, 0.4) is 0 Å². The Hall–Kier alpha value is -0.610. The SMILES string of the molecule is CCCN(CC(=O)O)CC(O)(CC)CC. The molecule has 0 amide bonds. The van der Waals surface area contributed by atoms with E-state index in [2.05, 4.69) is 0 Å². The van der Waals surface area contributed by atoms with E-state index in [4.69, 9.17) is 5.11 Å². The van der Waals surface area contributed by atoms with Crippen LogP contribution in [0.15, 0.2) is 0 Å². The predicted molar refractivity (Wildman–Crippen MR) is 59.9 cm³/mol. The number of carboxylic acid groups (broad SMARTS) is 1. The van der Waals surface area contributed by atoms with Gasteiger partial charge in [-0.05, 0) is 25.8 Å². The van der Waals surface area contributed by atoms with E-state index < -0.39 is 11.6 Å². The summed E-state index contributed by atoms with van der Waals surface area (Å²) in [6, 6.07) is 0. The number of hydrogen-bond acceptors (Lipinski definition) is 3. The van der Waals surface area contributed by atoms with Gasteiger partial charge in [-0.15, -0.1) is 0 Å². The molecule has 0 atom stereocenters. The number of rotatable bonds is 8. The summed E-state index contributed by atoms with van der Waals surface area (Å²) in [5.74, 6) is -0.835. The highest BCUT2D eigenvalue weighted by Crippen LogP contribution is 2.16. The molecule has 0 aromatic heterocycles. The highest BCUT2D eigenvalue weighted by Gasteiger charge is 2.25. The lowest BCUT2D eigenvalue weighted by molar-refractivity contribution is -0.139. The molecule has 4 heteroatoms.